The van der Waals surface area contributed by atoms with Gasteiger partial charge in [0, 0.05) is 24.7 Å². The van der Waals surface area contributed by atoms with Crippen molar-refractivity contribution in [2.24, 2.45) is 0 Å². The van der Waals surface area contributed by atoms with Crippen molar-refractivity contribution in [2.45, 2.75) is 6.54 Å². The molecule has 0 N–H and O–H groups in total. The zero-order chi connectivity index (χ0) is 9.10. The van der Waals surface area contributed by atoms with Crippen LogP contribution in [-0.4, -0.2) is 12.0 Å². The number of thiazole rings is 1. The number of anilines is 1. The second kappa shape index (κ2) is 3.62. The van der Waals surface area contributed by atoms with E-state index in [1.807, 2.05) is 35.7 Å². The number of rotatable bonds is 3. The van der Waals surface area contributed by atoms with Crippen LogP contribution in [0, 0.1) is 0 Å². The summed E-state index contributed by atoms with van der Waals surface area (Å²) < 4.78 is 5.25. The topological polar surface area (TPSA) is 29.3 Å². The summed E-state index contributed by atoms with van der Waals surface area (Å²) >= 11 is 1.65. The number of hydrogen-bond donors (Lipinski definition) is 0. The van der Waals surface area contributed by atoms with Crippen molar-refractivity contribution in [3.63, 3.8) is 0 Å². The molecule has 0 fully saturated rings. The Kier molecular flexibility index (Phi) is 2.31. The summed E-state index contributed by atoms with van der Waals surface area (Å²) in [6, 6.07) is 3.82. The zero-order valence-corrected chi connectivity index (χ0v) is 8.12. The molecule has 0 aliphatic carbocycles. The second-order valence-electron chi connectivity index (χ2n) is 2.73. The van der Waals surface area contributed by atoms with Gasteiger partial charge in [-0.3, -0.25) is 0 Å². The highest BCUT2D eigenvalue weighted by atomic mass is 32.1. The molecule has 0 bridgehead atoms. The molecule has 0 amide bonds. The normalized spacial score (nSPS) is 10.2. The maximum absolute atomic E-state index is 5.25. The van der Waals surface area contributed by atoms with Gasteiger partial charge in [0.1, 0.15) is 5.01 Å². The third-order valence-corrected chi connectivity index (χ3v) is 2.50. The van der Waals surface area contributed by atoms with Crippen molar-refractivity contribution < 1.29 is 4.42 Å². The Hall–Kier alpha value is -1.29. The van der Waals surface area contributed by atoms with Gasteiger partial charge >= 0.3 is 0 Å². The number of furan rings is 1. The molecule has 0 spiro atoms. The molecule has 2 rings (SSSR count). The lowest BCUT2D eigenvalue weighted by Crippen LogP contribution is -2.15. The van der Waals surface area contributed by atoms with Crippen LogP contribution in [0.1, 0.15) is 5.01 Å². The van der Waals surface area contributed by atoms with Crippen molar-refractivity contribution in [1.29, 1.82) is 0 Å². The highest BCUT2D eigenvalue weighted by Crippen LogP contribution is 2.16. The molecule has 0 aliphatic heterocycles. The quantitative estimate of drug-likeness (QED) is 0.751. The van der Waals surface area contributed by atoms with Gasteiger partial charge in [0.2, 0.25) is 0 Å². The number of hydrogen-bond acceptors (Lipinski definition) is 4. The standard InChI is InChI=1S/C9H10N2OS/c1-11(9-3-2-5-12-9)7-8-10-4-6-13-8/h2-6H,7H2,1H3. The van der Waals surface area contributed by atoms with Gasteiger partial charge in [0.15, 0.2) is 5.88 Å². The van der Waals surface area contributed by atoms with Crippen LogP contribution >= 0.6 is 11.3 Å². The average molecular weight is 194 g/mol. The highest BCUT2D eigenvalue weighted by molar-refractivity contribution is 7.09. The summed E-state index contributed by atoms with van der Waals surface area (Å²) in [7, 11) is 1.99. The fourth-order valence-electron chi connectivity index (χ4n) is 1.10. The first-order valence-corrected chi connectivity index (χ1v) is 4.87. The Labute approximate surface area is 80.6 Å². The van der Waals surface area contributed by atoms with Crippen LogP contribution in [-0.2, 0) is 6.54 Å². The summed E-state index contributed by atoms with van der Waals surface area (Å²) in [6.45, 7) is 0.797. The molecule has 0 aliphatic rings. The van der Waals surface area contributed by atoms with Crippen molar-refractivity contribution in [3.8, 4) is 0 Å². The maximum atomic E-state index is 5.25. The summed E-state index contributed by atoms with van der Waals surface area (Å²) in [4.78, 5) is 6.23. The molecule has 3 nitrogen and oxygen atoms in total. The van der Waals surface area contributed by atoms with Crippen LogP contribution in [0.3, 0.4) is 0 Å². The number of aromatic nitrogens is 1. The lowest BCUT2D eigenvalue weighted by molar-refractivity contribution is 0.554. The summed E-state index contributed by atoms with van der Waals surface area (Å²) in [6.07, 6.45) is 3.49. The zero-order valence-electron chi connectivity index (χ0n) is 7.30. The Morgan fingerprint density at radius 3 is 3.15 bits per heavy atom. The predicted molar refractivity (Wildman–Crippen MR) is 52.9 cm³/mol. The molecule has 2 aromatic heterocycles. The van der Waals surface area contributed by atoms with Crippen molar-refractivity contribution in [2.75, 3.05) is 11.9 Å². The smallest absolute Gasteiger partial charge is 0.195 e. The molecule has 0 radical (unpaired) electrons. The van der Waals surface area contributed by atoms with Crippen LogP contribution in [0.2, 0.25) is 0 Å². The minimum Gasteiger partial charge on any atom is -0.449 e. The molecule has 13 heavy (non-hydrogen) atoms. The predicted octanol–water partition coefficient (Wildman–Crippen LogP) is 2.37. The first-order valence-electron chi connectivity index (χ1n) is 3.99. The van der Waals surface area contributed by atoms with Gasteiger partial charge < -0.3 is 9.32 Å². The van der Waals surface area contributed by atoms with E-state index in [0.717, 1.165) is 17.4 Å². The van der Waals surface area contributed by atoms with E-state index in [1.165, 1.54) is 0 Å². The molecular weight excluding hydrogens is 184 g/mol. The van der Waals surface area contributed by atoms with E-state index in [4.69, 9.17) is 4.42 Å². The van der Waals surface area contributed by atoms with Gasteiger partial charge in [-0.15, -0.1) is 11.3 Å². The maximum Gasteiger partial charge on any atom is 0.195 e. The first-order chi connectivity index (χ1) is 6.36. The number of nitrogens with zero attached hydrogens (tertiary/aromatic N) is 2. The van der Waals surface area contributed by atoms with Gasteiger partial charge in [0.25, 0.3) is 0 Å². The molecule has 4 heteroatoms. The molecule has 0 atom stereocenters. The van der Waals surface area contributed by atoms with Gasteiger partial charge in [-0.1, -0.05) is 0 Å². The first kappa shape index (κ1) is 8.31. The van der Waals surface area contributed by atoms with E-state index in [2.05, 4.69) is 4.98 Å². The molecule has 2 aromatic rings. The fraction of sp³-hybridized carbons (Fsp3) is 0.222. The SMILES string of the molecule is CN(Cc1nccs1)c1ccco1. The summed E-state index contributed by atoms with van der Waals surface area (Å²) in [5, 5.41) is 3.07. The second-order valence-corrected chi connectivity index (χ2v) is 3.71. The van der Waals surface area contributed by atoms with E-state index in [0.29, 0.717) is 0 Å². The lowest BCUT2D eigenvalue weighted by Gasteiger charge is -2.13. The molecule has 0 saturated heterocycles. The summed E-state index contributed by atoms with van der Waals surface area (Å²) in [5.41, 5.74) is 0. The monoisotopic (exact) mass is 194 g/mol. The average Bonchev–Trinajstić information content (AvgIpc) is 2.74. The van der Waals surface area contributed by atoms with E-state index in [1.54, 1.807) is 17.6 Å². The van der Waals surface area contributed by atoms with Crippen molar-refractivity contribution in [1.82, 2.24) is 4.98 Å². The van der Waals surface area contributed by atoms with E-state index < -0.39 is 0 Å². The van der Waals surface area contributed by atoms with Gasteiger partial charge in [-0.05, 0) is 6.07 Å². The van der Waals surface area contributed by atoms with Crippen LogP contribution < -0.4 is 4.90 Å². The minimum atomic E-state index is 0.797. The molecule has 0 aromatic carbocycles. The molecule has 0 unspecified atom stereocenters. The third-order valence-electron chi connectivity index (χ3n) is 1.74. The van der Waals surface area contributed by atoms with Crippen molar-refractivity contribution >= 4 is 17.2 Å². The van der Waals surface area contributed by atoms with E-state index in [-0.39, 0.29) is 0 Å². The Morgan fingerprint density at radius 2 is 2.54 bits per heavy atom. The largest absolute Gasteiger partial charge is 0.449 e. The van der Waals surface area contributed by atoms with Gasteiger partial charge in [-0.2, -0.15) is 0 Å². The van der Waals surface area contributed by atoms with E-state index in [9.17, 15) is 0 Å². The minimum absolute atomic E-state index is 0.797. The molecule has 68 valence electrons. The Balaban J connectivity index is 2.04. The van der Waals surface area contributed by atoms with Crippen LogP contribution in [0.15, 0.2) is 34.4 Å². The van der Waals surface area contributed by atoms with Crippen LogP contribution in [0.25, 0.3) is 0 Å². The van der Waals surface area contributed by atoms with Crippen molar-refractivity contribution in [3.05, 3.63) is 35.0 Å². The lowest BCUT2D eigenvalue weighted by atomic mass is 10.5. The van der Waals surface area contributed by atoms with Gasteiger partial charge in [-0.25, -0.2) is 4.98 Å². The van der Waals surface area contributed by atoms with Crippen LogP contribution in [0.4, 0.5) is 5.88 Å². The molecular formula is C9H10N2OS. The van der Waals surface area contributed by atoms with Gasteiger partial charge in [0.05, 0.1) is 12.8 Å². The third kappa shape index (κ3) is 1.89. The van der Waals surface area contributed by atoms with E-state index >= 15 is 0 Å². The molecule has 0 saturated carbocycles. The Bertz CT molecular complexity index is 342. The molecule has 2 heterocycles. The Morgan fingerprint density at radius 1 is 1.62 bits per heavy atom. The fourth-order valence-corrected chi connectivity index (χ4v) is 1.77. The highest BCUT2D eigenvalue weighted by Gasteiger charge is 2.05. The van der Waals surface area contributed by atoms with Crippen LogP contribution in [0.5, 0.6) is 0 Å². The summed E-state index contributed by atoms with van der Waals surface area (Å²) in [5.74, 6) is 0.871.